The monoisotopic (exact) mass is 958 g/mol. The molecule has 3 aromatic rings. The summed E-state index contributed by atoms with van der Waals surface area (Å²) in [6, 6.07) is 14.2. The number of benzene rings is 2. The molecular formula is C45H62N14O8S. The van der Waals surface area contributed by atoms with Crippen LogP contribution in [0.25, 0.3) is 0 Å². The number of aliphatic imine (C=N–C) groups is 2. The van der Waals surface area contributed by atoms with E-state index in [9.17, 15) is 38.4 Å². The Balaban J connectivity index is 1.59. The smallest absolute Gasteiger partial charge is 0.245 e. The number of primary amides is 2. The normalized spacial score (nSPS) is 15.2. The Labute approximate surface area is 397 Å². The van der Waals surface area contributed by atoms with Gasteiger partial charge in [-0.3, -0.25) is 48.3 Å². The van der Waals surface area contributed by atoms with Crippen molar-refractivity contribution in [1.29, 1.82) is 0 Å². The van der Waals surface area contributed by atoms with Crippen LogP contribution in [0, 0.1) is 0 Å². The van der Waals surface area contributed by atoms with Crippen LogP contribution < -0.4 is 61.0 Å². The molecule has 2 heterocycles. The molecule has 4 rings (SSSR count). The second kappa shape index (κ2) is 27.2. The molecule has 17 N–H and O–H groups in total. The number of carbonyl (C=O) groups is 8. The summed E-state index contributed by atoms with van der Waals surface area (Å²) in [5, 5.41) is 15.4. The van der Waals surface area contributed by atoms with Crippen molar-refractivity contribution in [3.63, 3.8) is 0 Å². The summed E-state index contributed by atoms with van der Waals surface area (Å²) in [6.45, 7) is 0.292. The van der Waals surface area contributed by atoms with Crippen molar-refractivity contribution < 1.29 is 38.4 Å². The van der Waals surface area contributed by atoms with Gasteiger partial charge in [0.05, 0.1) is 12.8 Å². The molecule has 0 bridgehead atoms. The fourth-order valence-corrected chi connectivity index (χ4v) is 8.18. The van der Waals surface area contributed by atoms with Gasteiger partial charge in [-0.05, 0) is 61.1 Å². The molecule has 8 amide bonds. The van der Waals surface area contributed by atoms with E-state index in [1.807, 2.05) is 47.8 Å². The number of thiophene rings is 1. The van der Waals surface area contributed by atoms with E-state index >= 15 is 0 Å². The number of carbonyl (C=O) groups excluding carboxylic acids is 8. The zero-order valence-corrected chi connectivity index (χ0v) is 38.5. The van der Waals surface area contributed by atoms with Crippen LogP contribution in [0.1, 0.15) is 60.9 Å². The van der Waals surface area contributed by atoms with E-state index in [0.29, 0.717) is 12.0 Å². The fourth-order valence-electron chi connectivity index (χ4n) is 7.48. The topological polar surface area (TPSA) is 381 Å². The van der Waals surface area contributed by atoms with E-state index in [1.54, 1.807) is 30.3 Å². The predicted molar refractivity (Wildman–Crippen MR) is 256 cm³/mol. The molecule has 0 aliphatic carbocycles. The summed E-state index contributed by atoms with van der Waals surface area (Å²) in [5.41, 5.74) is 34.1. The predicted octanol–water partition coefficient (Wildman–Crippen LogP) is -2.34. The number of hydrogen-bond donors (Lipinski definition) is 11. The Morgan fingerprint density at radius 3 is 1.65 bits per heavy atom. The lowest BCUT2D eigenvalue weighted by Crippen LogP contribution is -2.60. The Kier molecular flexibility index (Phi) is 21.2. The SMILES string of the molecule is NC(=O)C[C@H](NC(=O)[C@H](CCCN=C(N)N)NC(=O)[C@@H]1CCCN1C(=O)[C@H](CCCN=C(N)N)NC(=O)[C@H](Cc1ccccc1)NC(=O)[C@H](Cc1ccccc1)NC(=O)Cc1cccs1)C(N)=O. The van der Waals surface area contributed by atoms with Crippen molar-refractivity contribution in [2.45, 2.75) is 100 Å². The van der Waals surface area contributed by atoms with Crippen LogP contribution in [-0.2, 0) is 57.6 Å². The summed E-state index contributed by atoms with van der Waals surface area (Å²) >= 11 is 1.40. The number of nitrogens with two attached hydrogens (primary N) is 6. The minimum atomic E-state index is -1.47. The first-order chi connectivity index (χ1) is 32.5. The minimum Gasteiger partial charge on any atom is -0.370 e. The first kappa shape index (κ1) is 53.1. The maximum atomic E-state index is 14.6. The van der Waals surface area contributed by atoms with E-state index in [-0.39, 0.29) is 88.8 Å². The Morgan fingerprint density at radius 1 is 0.618 bits per heavy atom. The number of likely N-dealkylation sites (tertiary alicyclic amines) is 1. The van der Waals surface area contributed by atoms with Gasteiger partial charge in [-0.25, -0.2) is 0 Å². The molecule has 1 fully saturated rings. The lowest BCUT2D eigenvalue weighted by atomic mass is 10.0. The molecule has 0 saturated carbocycles. The summed E-state index contributed by atoms with van der Waals surface area (Å²) < 4.78 is 0. The van der Waals surface area contributed by atoms with Crippen LogP contribution in [-0.4, -0.2) is 120 Å². The highest BCUT2D eigenvalue weighted by Gasteiger charge is 2.40. The van der Waals surface area contributed by atoms with Crippen molar-refractivity contribution in [3.8, 4) is 0 Å². The number of nitrogens with zero attached hydrogens (tertiary/aromatic N) is 3. The van der Waals surface area contributed by atoms with Crippen molar-refractivity contribution in [3.05, 3.63) is 94.2 Å². The summed E-state index contributed by atoms with van der Waals surface area (Å²) in [5.74, 6) is -6.25. The van der Waals surface area contributed by atoms with Gasteiger partial charge in [-0.2, -0.15) is 0 Å². The summed E-state index contributed by atoms with van der Waals surface area (Å²) in [4.78, 5) is 118. The maximum Gasteiger partial charge on any atom is 0.245 e. The van der Waals surface area contributed by atoms with Crippen LogP contribution in [0.3, 0.4) is 0 Å². The molecule has 2 aromatic carbocycles. The van der Waals surface area contributed by atoms with E-state index < -0.39 is 84.0 Å². The van der Waals surface area contributed by atoms with Crippen LogP contribution in [0.5, 0.6) is 0 Å². The number of hydrogen-bond acceptors (Lipinski definition) is 11. The fraction of sp³-hybridized carbons (Fsp3) is 0.422. The first-order valence-corrected chi connectivity index (χ1v) is 23.0. The number of nitrogens with one attached hydrogen (secondary N) is 5. The molecule has 1 aliphatic rings. The average Bonchev–Trinajstić information content (AvgIpc) is 4.01. The molecule has 1 aliphatic heterocycles. The molecule has 366 valence electrons. The van der Waals surface area contributed by atoms with Gasteiger partial charge in [0.15, 0.2) is 11.9 Å². The van der Waals surface area contributed by atoms with Gasteiger partial charge in [-0.1, -0.05) is 66.7 Å². The molecule has 0 unspecified atom stereocenters. The molecule has 6 atom stereocenters. The van der Waals surface area contributed by atoms with Crippen molar-refractivity contribution in [2.75, 3.05) is 19.6 Å². The highest BCUT2D eigenvalue weighted by atomic mass is 32.1. The number of guanidine groups is 2. The van der Waals surface area contributed by atoms with E-state index in [2.05, 4.69) is 36.6 Å². The van der Waals surface area contributed by atoms with Gasteiger partial charge in [0.1, 0.15) is 36.3 Å². The second-order valence-corrected chi connectivity index (χ2v) is 17.2. The standard InChI is InChI=1S/C45H62N14O8S/c46-36(60)26-32(38(47)62)57-39(63)30(16-7-19-52-44(48)49)55-42(66)35-18-9-21-59(35)43(67)31(17-8-20-53-45(50)51)56-41(65)34(24-28-13-5-2-6-14-28)58-40(64)33(23-27-11-3-1-4-12-27)54-37(61)25-29-15-10-22-68-29/h1-6,10-15,22,30-35H,7-9,16-21,23-26H2,(H2,46,60)(H2,47,62)(H,54,61)(H,55,66)(H,56,65)(H,57,63)(H,58,64)(H4,48,49,52)(H4,50,51,53)/t30-,31-,32-,33-,34-,35-/m0/s1. The summed E-state index contributed by atoms with van der Waals surface area (Å²) in [6.07, 6.45) is 0.545. The quantitative estimate of drug-likeness (QED) is 0.0218. The van der Waals surface area contributed by atoms with Gasteiger partial charge >= 0.3 is 0 Å². The molecule has 1 saturated heterocycles. The third kappa shape index (κ3) is 18.0. The van der Waals surface area contributed by atoms with Crippen LogP contribution in [0.15, 0.2) is 88.2 Å². The molecule has 1 aromatic heterocycles. The van der Waals surface area contributed by atoms with Crippen LogP contribution in [0.2, 0.25) is 0 Å². The van der Waals surface area contributed by atoms with E-state index in [1.165, 1.54) is 16.2 Å². The second-order valence-electron chi connectivity index (χ2n) is 16.2. The lowest BCUT2D eigenvalue weighted by molar-refractivity contribution is -0.142. The summed E-state index contributed by atoms with van der Waals surface area (Å²) in [7, 11) is 0. The Morgan fingerprint density at radius 2 is 1.13 bits per heavy atom. The Bertz CT molecular complexity index is 2240. The molecule has 22 nitrogen and oxygen atoms in total. The lowest BCUT2D eigenvalue weighted by Gasteiger charge is -2.31. The highest BCUT2D eigenvalue weighted by molar-refractivity contribution is 7.10. The maximum absolute atomic E-state index is 14.6. The van der Waals surface area contributed by atoms with Crippen molar-refractivity contribution in [2.24, 2.45) is 44.4 Å². The average molecular weight is 959 g/mol. The van der Waals surface area contributed by atoms with E-state index in [4.69, 9.17) is 34.4 Å². The van der Waals surface area contributed by atoms with Crippen molar-refractivity contribution >= 4 is 70.5 Å². The van der Waals surface area contributed by atoms with Gasteiger partial charge < -0.3 is 65.9 Å². The van der Waals surface area contributed by atoms with Crippen LogP contribution in [0.4, 0.5) is 0 Å². The molecule has 23 heteroatoms. The zero-order chi connectivity index (χ0) is 49.6. The molecule has 0 spiro atoms. The third-order valence-electron chi connectivity index (χ3n) is 10.8. The zero-order valence-electron chi connectivity index (χ0n) is 37.6. The molecular weight excluding hydrogens is 897 g/mol. The van der Waals surface area contributed by atoms with Gasteiger partial charge in [0.2, 0.25) is 47.3 Å². The third-order valence-corrected chi connectivity index (χ3v) is 11.7. The van der Waals surface area contributed by atoms with Gasteiger partial charge in [0.25, 0.3) is 0 Å². The number of rotatable bonds is 27. The first-order valence-electron chi connectivity index (χ1n) is 22.1. The van der Waals surface area contributed by atoms with Crippen LogP contribution >= 0.6 is 11.3 Å². The Hall–Kier alpha value is -7.56. The van der Waals surface area contributed by atoms with Gasteiger partial charge in [-0.15, -0.1) is 11.3 Å². The molecule has 68 heavy (non-hydrogen) atoms. The largest absolute Gasteiger partial charge is 0.370 e. The van der Waals surface area contributed by atoms with Gasteiger partial charge in [0, 0.05) is 37.4 Å². The highest BCUT2D eigenvalue weighted by Crippen LogP contribution is 2.21. The van der Waals surface area contributed by atoms with E-state index in [0.717, 1.165) is 10.4 Å². The minimum absolute atomic E-state index is 0.00591. The number of amides is 8. The molecule has 0 radical (unpaired) electrons. The van der Waals surface area contributed by atoms with Crippen molar-refractivity contribution in [1.82, 2.24) is 31.5 Å².